The van der Waals surface area contributed by atoms with E-state index < -0.39 is 36.0 Å². The van der Waals surface area contributed by atoms with Crippen LogP contribution < -0.4 is 16.4 Å². The number of carbonyl (C=O) groups excluding carboxylic acids is 2. The van der Waals surface area contributed by atoms with Crippen molar-refractivity contribution in [2.24, 2.45) is 5.73 Å². The van der Waals surface area contributed by atoms with Crippen LogP contribution in [0.1, 0.15) is 12.5 Å². The first-order valence-electron chi connectivity index (χ1n) is 7.23. The maximum atomic E-state index is 12.3. The van der Waals surface area contributed by atoms with Crippen molar-refractivity contribution in [3.05, 3.63) is 29.8 Å². The topological polar surface area (TPSA) is 162 Å². The number of phenols is 1. The van der Waals surface area contributed by atoms with Gasteiger partial charge in [0, 0.05) is 6.42 Å². The highest BCUT2D eigenvalue weighted by Gasteiger charge is 2.29. The van der Waals surface area contributed by atoms with Gasteiger partial charge in [0.25, 0.3) is 0 Å². The average molecular weight is 339 g/mol. The normalized spacial score (nSPS) is 14.3. The summed E-state index contributed by atoms with van der Waals surface area (Å²) in [6.07, 6.45) is -1.25. The van der Waals surface area contributed by atoms with E-state index in [1.807, 2.05) is 0 Å². The molecule has 9 nitrogen and oxygen atoms in total. The summed E-state index contributed by atoms with van der Waals surface area (Å²) in [5.41, 5.74) is 5.85. The number of aliphatic carboxylic acids is 1. The Morgan fingerprint density at radius 1 is 1.17 bits per heavy atom. The number of aliphatic hydroxyl groups is 1. The summed E-state index contributed by atoms with van der Waals surface area (Å²) in [7, 11) is 0. The SMILES string of the molecule is C[C@@H](O)[C@H](NC(=O)[C@H](Cc1ccc(O)cc1)NC(=O)CN)C(=O)O. The molecule has 0 aliphatic carbocycles. The summed E-state index contributed by atoms with van der Waals surface area (Å²) in [6.45, 7) is 0.893. The number of carbonyl (C=O) groups is 3. The van der Waals surface area contributed by atoms with Crippen molar-refractivity contribution in [3.63, 3.8) is 0 Å². The van der Waals surface area contributed by atoms with E-state index in [2.05, 4.69) is 10.6 Å². The molecule has 0 spiro atoms. The van der Waals surface area contributed by atoms with Gasteiger partial charge < -0.3 is 31.7 Å². The lowest BCUT2D eigenvalue weighted by Crippen LogP contribution is -2.56. The first-order valence-corrected chi connectivity index (χ1v) is 7.23. The summed E-state index contributed by atoms with van der Waals surface area (Å²) in [5.74, 6) is -2.70. The molecule has 0 bridgehead atoms. The molecule has 0 saturated carbocycles. The molecule has 2 amide bonds. The van der Waals surface area contributed by atoms with Gasteiger partial charge in [-0.3, -0.25) is 9.59 Å². The number of carboxylic acids is 1. The Morgan fingerprint density at radius 2 is 1.75 bits per heavy atom. The van der Waals surface area contributed by atoms with Crippen LogP contribution >= 0.6 is 0 Å². The summed E-state index contributed by atoms with van der Waals surface area (Å²) in [6, 6.07) is 3.39. The van der Waals surface area contributed by atoms with Gasteiger partial charge in [0.15, 0.2) is 6.04 Å². The molecule has 3 atom stereocenters. The summed E-state index contributed by atoms with van der Waals surface area (Å²) >= 11 is 0. The highest BCUT2D eigenvalue weighted by molar-refractivity contribution is 5.91. The van der Waals surface area contributed by atoms with E-state index in [-0.39, 0.29) is 18.7 Å². The maximum absolute atomic E-state index is 12.3. The molecular weight excluding hydrogens is 318 g/mol. The molecule has 9 heteroatoms. The van der Waals surface area contributed by atoms with Crippen LogP contribution in [0.4, 0.5) is 0 Å². The summed E-state index contributed by atoms with van der Waals surface area (Å²) in [5, 5.41) is 32.3. The number of hydrogen-bond acceptors (Lipinski definition) is 6. The second-order valence-corrected chi connectivity index (χ2v) is 5.26. The third-order valence-electron chi connectivity index (χ3n) is 3.26. The quantitative estimate of drug-likeness (QED) is 0.330. The number of aromatic hydroxyl groups is 1. The molecule has 0 aliphatic rings. The largest absolute Gasteiger partial charge is 0.508 e. The van der Waals surface area contributed by atoms with E-state index in [9.17, 15) is 24.6 Å². The van der Waals surface area contributed by atoms with Crippen LogP contribution in [-0.2, 0) is 20.8 Å². The molecule has 0 aliphatic heterocycles. The highest BCUT2D eigenvalue weighted by atomic mass is 16.4. The number of aliphatic hydroxyl groups excluding tert-OH is 1. The molecule has 24 heavy (non-hydrogen) atoms. The van der Waals surface area contributed by atoms with Crippen LogP contribution in [0, 0.1) is 0 Å². The first kappa shape index (κ1) is 19.4. The van der Waals surface area contributed by atoms with Gasteiger partial charge in [-0.1, -0.05) is 12.1 Å². The second-order valence-electron chi connectivity index (χ2n) is 5.26. The van der Waals surface area contributed by atoms with E-state index in [4.69, 9.17) is 10.8 Å². The molecule has 1 aromatic carbocycles. The second kappa shape index (κ2) is 8.85. The lowest BCUT2D eigenvalue weighted by molar-refractivity contribution is -0.145. The van der Waals surface area contributed by atoms with Gasteiger partial charge >= 0.3 is 5.97 Å². The third-order valence-corrected chi connectivity index (χ3v) is 3.26. The van der Waals surface area contributed by atoms with Gasteiger partial charge in [0.2, 0.25) is 11.8 Å². The number of nitrogens with one attached hydrogen (secondary N) is 2. The zero-order valence-electron chi connectivity index (χ0n) is 13.1. The van der Waals surface area contributed by atoms with E-state index in [1.54, 1.807) is 12.1 Å². The van der Waals surface area contributed by atoms with Crippen molar-refractivity contribution in [2.45, 2.75) is 31.5 Å². The van der Waals surface area contributed by atoms with Crippen molar-refractivity contribution in [2.75, 3.05) is 6.54 Å². The van der Waals surface area contributed by atoms with Crippen LogP contribution in [0.15, 0.2) is 24.3 Å². The smallest absolute Gasteiger partial charge is 0.328 e. The number of phenolic OH excluding ortho intramolecular Hbond substituents is 1. The molecule has 0 saturated heterocycles. The number of amides is 2. The Morgan fingerprint density at radius 3 is 2.21 bits per heavy atom. The fourth-order valence-corrected chi connectivity index (χ4v) is 1.97. The van der Waals surface area contributed by atoms with Crippen molar-refractivity contribution >= 4 is 17.8 Å². The van der Waals surface area contributed by atoms with Gasteiger partial charge in [-0.15, -0.1) is 0 Å². The minimum Gasteiger partial charge on any atom is -0.508 e. The molecule has 132 valence electrons. The molecule has 0 heterocycles. The van der Waals surface area contributed by atoms with Gasteiger partial charge in [-0.05, 0) is 24.6 Å². The fourth-order valence-electron chi connectivity index (χ4n) is 1.97. The van der Waals surface area contributed by atoms with Crippen molar-refractivity contribution in [1.29, 1.82) is 0 Å². The van der Waals surface area contributed by atoms with Gasteiger partial charge in [0.05, 0.1) is 12.6 Å². The fraction of sp³-hybridized carbons (Fsp3) is 0.400. The molecule has 1 aromatic rings. The monoisotopic (exact) mass is 339 g/mol. The van der Waals surface area contributed by atoms with Crippen molar-refractivity contribution < 1.29 is 29.7 Å². The molecule has 0 unspecified atom stereocenters. The maximum Gasteiger partial charge on any atom is 0.328 e. The molecule has 0 aromatic heterocycles. The molecule has 0 radical (unpaired) electrons. The Labute approximate surface area is 138 Å². The van der Waals surface area contributed by atoms with Crippen molar-refractivity contribution in [3.8, 4) is 5.75 Å². The van der Waals surface area contributed by atoms with Gasteiger partial charge in [-0.25, -0.2) is 4.79 Å². The van der Waals surface area contributed by atoms with Crippen LogP contribution in [0.3, 0.4) is 0 Å². The lowest BCUT2D eigenvalue weighted by atomic mass is 10.0. The highest BCUT2D eigenvalue weighted by Crippen LogP contribution is 2.11. The molecule has 1 rings (SSSR count). The number of benzene rings is 1. The predicted octanol–water partition coefficient (Wildman–Crippen LogP) is -1.67. The Kier molecular flexibility index (Phi) is 7.15. The van der Waals surface area contributed by atoms with Crippen LogP contribution in [0.25, 0.3) is 0 Å². The van der Waals surface area contributed by atoms with E-state index >= 15 is 0 Å². The molecular formula is C15H21N3O6. The Balaban J connectivity index is 2.91. The first-order chi connectivity index (χ1) is 11.2. The van der Waals surface area contributed by atoms with Gasteiger partial charge in [-0.2, -0.15) is 0 Å². The van der Waals surface area contributed by atoms with Crippen LogP contribution in [0.2, 0.25) is 0 Å². The van der Waals surface area contributed by atoms with E-state index in [0.717, 1.165) is 0 Å². The third kappa shape index (κ3) is 5.86. The predicted molar refractivity (Wildman–Crippen MR) is 84.0 cm³/mol. The average Bonchev–Trinajstić information content (AvgIpc) is 2.52. The molecule has 7 N–H and O–H groups in total. The van der Waals surface area contributed by atoms with E-state index in [0.29, 0.717) is 5.56 Å². The zero-order chi connectivity index (χ0) is 18.3. The van der Waals surface area contributed by atoms with Crippen LogP contribution in [0.5, 0.6) is 5.75 Å². The van der Waals surface area contributed by atoms with Crippen LogP contribution in [-0.4, -0.2) is 57.8 Å². The van der Waals surface area contributed by atoms with Gasteiger partial charge in [0.1, 0.15) is 11.8 Å². The Bertz CT molecular complexity index is 587. The lowest BCUT2D eigenvalue weighted by Gasteiger charge is -2.22. The zero-order valence-corrected chi connectivity index (χ0v) is 13.1. The summed E-state index contributed by atoms with van der Waals surface area (Å²) in [4.78, 5) is 34.9. The van der Waals surface area contributed by atoms with Crippen molar-refractivity contribution in [1.82, 2.24) is 10.6 Å². The number of rotatable bonds is 8. The number of carboxylic acid groups (broad SMARTS) is 1. The number of nitrogens with two attached hydrogens (primary N) is 1. The summed E-state index contributed by atoms with van der Waals surface area (Å²) < 4.78 is 0. The standard InChI is InChI=1S/C15H21N3O6/c1-8(19)13(15(23)24)18-14(22)11(17-12(21)7-16)6-9-2-4-10(20)5-3-9/h2-5,8,11,13,19-20H,6-7,16H2,1H3,(H,17,21)(H,18,22)(H,23,24)/t8-,11+,13+/m1/s1. The van der Waals surface area contributed by atoms with E-state index in [1.165, 1.54) is 19.1 Å². The Hall–Kier alpha value is -2.65. The minimum absolute atomic E-state index is 0.0470. The number of hydrogen-bond donors (Lipinski definition) is 6. The molecule has 0 fully saturated rings. The minimum atomic E-state index is -1.51.